The molecule has 2 aromatic rings. The van der Waals surface area contributed by atoms with Gasteiger partial charge in [-0.15, -0.1) is 0 Å². The molecule has 1 aliphatic heterocycles. The van der Waals surface area contributed by atoms with E-state index in [1.165, 1.54) is 0 Å². The van der Waals surface area contributed by atoms with Crippen LogP contribution in [0.2, 0.25) is 0 Å². The van der Waals surface area contributed by atoms with Gasteiger partial charge in [-0.05, 0) is 30.3 Å². The quantitative estimate of drug-likeness (QED) is 0.774. The predicted octanol–water partition coefficient (Wildman–Crippen LogP) is 1.09. The van der Waals surface area contributed by atoms with Crippen LogP contribution in [-0.2, 0) is 11.3 Å². The molecule has 2 N–H and O–H groups in total. The fourth-order valence-corrected chi connectivity index (χ4v) is 2.86. The highest BCUT2D eigenvalue weighted by Gasteiger charge is 2.16. The smallest absolute Gasteiger partial charge is 0.279 e. The van der Waals surface area contributed by atoms with Gasteiger partial charge in [0, 0.05) is 17.3 Å². The van der Waals surface area contributed by atoms with E-state index in [0.717, 1.165) is 10.5 Å². The first-order valence-corrected chi connectivity index (χ1v) is 8.30. The van der Waals surface area contributed by atoms with Crippen molar-refractivity contribution in [2.75, 3.05) is 39.9 Å². The summed E-state index contributed by atoms with van der Waals surface area (Å²) in [6.45, 7) is 1.24. The zero-order valence-corrected chi connectivity index (χ0v) is 15.1. The summed E-state index contributed by atoms with van der Waals surface area (Å²) in [6.07, 6.45) is 0. The summed E-state index contributed by atoms with van der Waals surface area (Å²) in [5.41, 5.74) is 1.76. The second-order valence-corrected chi connectivity index (χ2v) is 6.12. The van der Waals surface area contributed by atoms with Crippen molar-refractivity contribution in [3.63, 3.8) is 0 Å². The van der Waals surface area contributed by atoms with Crippen LogP contribution in [0.1, 0.15) is 5.56 Å². The van der Waals surface area contributed by atoms with Crippen LogP contribution >= 0.6 is 0 Å². The number of fused-ring (bicyclic) bond motifs is 1. The molecule has 2 aromatic carbocycles. The van der Waals surface area contributed by atoms with E-state index in [9.17, 15) is 4.79 Å². The number of nitrogens with one attached hydrogen (secondary N) is 2. The molecular formula is C19H23N2O5+. The third kappa shape index (κ3) is 4.18. The molecular weight excluding hydrogens is 336 g/mol. The monoisotopic (exact) mass is 359 g/mol. The number of methoxy groups -OCH3 is 2. The van der Waals surface area contributed by atoms with Gasteiger partial charge in [0.15, 0.2) is 29.5 Å². The summed E-state index contributed by atoms with van der Waals surface area (Å²) in [5.74, 6) is 2.65. The van der Waals surface area contributed by atoms with Crippen molar-refractivity contribution in [2.24, 2.45) is 0 Å². The highest BCUT2D eigenvalue weighted by atomic mass is 16.7. The Bertz CT molecular complexity index is 793. The van der Waals surface area contributed by atoms with Crippen LogP contribution in [0.4, 0.5) is 5.69 Å². The molecule has 7 heteroatoms. The zero-order valence-electron chi connectivity index (χ0n) is 15.1. The Kier molecular flexibility index (Phi) is 5.48. The molecule has 1 heterocycles. The summed E-state index contributed by atoms with van der Waals surface area (Å²) < 4.78 is 21.2. The molecule has 138 valence electrons. The van der Waals surface area contributed by atoms with Crippen molar-refractivity contribution in [1.29, 1.82) is 0 Å². The largest absolute Gasteiger partial charge is 0.493 e. The molecule has 3 rings (SSSR count). The summed E-state index contributed by atoms with van der Waals surface area (Å²) in [5, 5.41) is 2.89. The standard InChI is InChI=1S/C19H22N2O5/c1-21(10-13-4-6-15(23-2)17(8-13)24-3)11-19(22)20-14-5-7-16-18(9-14)26-12-25-16/h4-9H,10-12H2,1-3H3,(H,20,22)/p+1. The van der Waals surface area contributed by atoms with Crippen LogP contribution in [0.5, 0.6) is 23.0 Å². The Labute approximate surface area is 152 Å². The number of likely N-dealkylation sites (N-methyl/N-ethyl adjacent to an activating group) is 1. The second-order valence-electron chi connectivity index (χ2n) is 6.12. The number of hydrogen-bond acceptors (Lipinski definition) is 5. The van der Waals surface area contributed by atoms with Crippen LogP contribution in [0.3, 0.4) is 0 Å². The van der Waals surface area contributed by atoms with Gasteiger partial charge in [0.05, 0.1) is 21.3 Å². The van der Waals surface area contributed by atoms with Gasteiger partial charge >= 0.3 is 0 Å². The zero-order chi connectivity index (χ0) is 18.5. The van der Waals surface area contributed by atoms with Crippen molar-refractivity contribution in [1.82, 2.24) is 0 Å². The van der Waals surface area contributed by atoms with Crippen molar-refractivity contribution in [3.05, 3.63) is 42.0 Å². The number of carbonyl (C=O) groups is 1. The highest BCUT2D eigenvalue weighted by molar-refractivity contribution is 5.91. The van der Waals surface area contributed by atoms with Gasteiger partial charge in [-0.1, -0.05) is 0 Å². The Morgan fingerprint density at radius 2 is 1.85 bits per heavy atom. The molecule has 0 spiro atoms. The van der Waals surface area contributed by atoms with E-state index in [-0.39, 0.29) is 12.7 Å². The fraction of sp³-hybridized carbons (Fsp3) is 0.316. The average molecular weight is 359 g/mol. The van der Waals surface area contributed by atoms with Crippen LogP contribution < -0.4 is 29.2 Å². The Hall–Kier alpha value is -2.93. The van der Waals surface area contributed by atoms with Crippen LogP contribution in [0.15, 0.2) is 36.4 Å². The Morgan fingerprint density at radius 3 is 2.62 bits per heavy atom. The van der Waals surface area contributed by atoms with E-state index in [2.05, 4.69) is 5.32 Å². The number of benzene rings is 2. The van der Waals surface area contributed by atoms with Gasteiger partial charge in [-0.3, -0.25) is 4.79 Å². The molecule has 0 radical (unpaired) electrons. The summed E-state index contributed by atoms with van der Waals surface area (Å²) in [7, 11) is 5.18. The Balaban J connectivity index is 1.56. The third-order valence-electron chi connectivity index (χ3n) is 4.07. The molecule has 1 unspecified atom stereocenters. The van der Waals surface area contributed by atoms with Gasteiger partial charge in [-0.25, -0.2) is 0 Å². The molecule has 7 nitrogen and oxygen atoms in total. The average Bonchev–Trinajstić information content (AvgIpc) is 3.09. The molecule has 26 heavy (non-hydrogen) atoms. The van der Waals surface area contributed by atoms with Gasteiger partial charge < -0.3 is 29.2 Å². The third-order valence-corrected chi connectivity index (χ3v) is 4.07. The van der Waals surface area contributed by atoms with Crippen LogP contribution in [-0.4, -0.2) is 40.5 Å². The number of quaternary nitrogens is 1. The predicted molar refractivity (Wildman–Crippen MR) is 96.2 cm³/mol. The lowest BCUT2D eigenvalue weighted by Gasteiger charge is -2.15. The molecule has 0 fully saturated rings. The topological polar surface area (TPSA) is 70.5 Å². The maximum Gasteiger partial charge on any atom is 0.279 e. The molecule has 1 atom stereocenters. The van der Waals surface area contributed by atoms with Gasteiger partial charge in [0.25, 0.3) is 5.91 Å². The normalized spacial score (nSPS) is 13.2. The number of anilines is 1. The summed E-state index contributed by atoms with van der Waals surface area (Å²) in [4.78, 5) is 13.3. The highest BCUT2D eigenvalue weighted by Crippen LogP contribution is 2.34. The van der Waals surface area contributed by atoms with Crippen molar-refractivity contribution < 1.29 is 28.6 Å². The second kappa shape index (κ2) is 7.97. The fourth-order valence-electron chi connectivity index (χ4n) is 2.86. The number of rotatable bonds is 7. The molecule has 1 aliphatic rings. The first kappa shape index (κ1) is 17.9. The molecule has 0 saturated heterocycles. The minimum Gasteiger partial charge on any atom is -0.493 e. The van der Waals surface area contributed by atoms with Crippen LogP contribution in [0, 0.1) is 0 Å². The van der Waals surface area contributed by atoms with E-state index in [0.29, 0.717) is 41.8 Å². The molecule has 0 saturated carbocycles. The van der Waals surface area contributed by atoms with E-state index in [1.807, 2.05) is 25.2 Å². The first-order chi connectivity index (χ1) is 12.6. The number of amides is 1. The van der Waals surface area contributed by atoms with E-state index >= 15 is 0 Å². The minimum atomic E-state index is -0.0677. The van der Waals surface area contributed by atoms with Gasteiger partial charge in [0.1, 0.15) is 6.54 Å². The molecule has 0 aromatic heterocycles. The van der Waals surface area contributed by atoms with E-state index in [4.69, 9.17) is 18.9 Å². The van der Waals surface area contributed by atoms with Crippen LogP contribution in [0.25, 0.3) is 0 Å². The van der Waals surface area contributed by atoms with Crippen molar-refractivity contribution in [2.45, 2.75) is 6.54 Å². The number of hydrogen-bond donors (Lipinski definition) is 2. The first-order valence-electron chi connectivity index (χ1n) is 8.30. The lowest BCUT2D eigenvalue weighted by atomic mass is 10.2. The Morgan fingerprint density at radius 1 is 1.08 bits per heavy atom. The van der Waals surface area contributed by atoms with Crippen molar-refractivity contribution in [3.8, 4) is 23.0 Å². The van der Waals surface area contributed by atoms with Gasteiger partial charge in [0.2, 0.25) is 6.79 Å². The SMILES string of the molecule is COc1ccc(C[NH+](C)CC(=O)Nc2ccc3c(c2)OCO3)cc1OC. The van der Waals surface area contributed by atoms with Crippen molar-refractivity contribution >= 4 is 11.6 Å². The lowest BCUT2D eigenvalue weighted by Crippen LogP contribution is -3.08. The molecule has 1 amide bonds. The van der Waals surface area contributed by atoms with Gasteiger partial charge in [-0.2, -0.15) is 0 Å². The number of ether oxygens (including phenoxy) is 4. The maximum atomic E-state index is 12.3. The molecule has 0 aliphatic carbocycles. The maximum absolute atomic E-state index is 12.3. The summed E-state index contributed by atoms with van der Waals surface area (Å²) >= 11 is 0. The molecule has 0 bridgehead atoms. The lowest BCUT2D eigenvalue weighted by molar-refractivity contribution is -0.885. The minimum absolute atomic E-state index is 0.0677. The number of carbonyl (C=O) groups excluding carboxylic acids is 1. The van der Waals surface area contributed by atoms with E-state index < -0.39 is 0 Å². The summed E-state index contributed by atoms with van der Waals surface area (Å²) in [6, 6.07) is 11.1. The van der Waals surface area contributed by atoms with E-state index in [1.54, 1.807) is 32.4 Å².